The molecule has 2 aliphatic rings. The third-order valence-electron chi connectivity index (χ3n) is 7.69. The first-order valence-corrected chi connectivity index (χ1v) is 13.0. The molecule has 0 heterocycles. The maximum Gasteiger partial charge on any atom is 0.310 e. The molecule has 2 aromatic carbocycles. The summed E-state index contributed by atoms with van der Waals surface area (Å²) >= 11 is 0. The summed E-state index contributed by atoms with van der Waals surface area (Å²) < 4.78 is 10.7. The second kappa shape index (κ2) is 11.9. The van der Waals surface area contributed by atoms with Crippen LogP contribution in [0.25, 0.3) is 11.1 Å². The van der Waals surface area contributed by atoms with E-state index in [1.807, 2.05) is 30.3 Å². The summed E-state index contributed by atoms with van der Waals surface area (Å²) in [6, 6.07) is 16.0. The number of ether oxygens (including phenoxy) is 2. The van der Waals surface area contributed by atoms with E-state index in [1.165, 1.54) is 14.2 Å². The predicted molar refractivity (Wildman–Crippen MR) is 152 cm³/mol. The first-order valence-electron chi connectivity index (χ1n) is 13.0. The standard InChI is InChI=1S/C33H37NO4/c1-6-15-24(7-2)22-34(30(32(36)38-5)23(3)31(35)37-4)33(25-16-9-8-10-17-25)28-20-13-11-18-26(28)27-19-12-14-21-29(27)33/h6-7,9,11-21,23,30,32,36H,1-2,8,10,22H2,3-5H3/t23-,30+,32?/m1/s1. The van der Waals surface area contributed by atoms with Gasteiger partial charge in [-0.05, 0) is 46.2 Å². The Labute approximate surface area is 226 Å². The molecular formula is C33H37NO4. The van der Waals surface area contributed by atoms with Gasteiger partial charge in [0.25, 0.3) is 0 Å². The molecular weight excluding hydrogens is 474 g/mol. The third-order valence-corrected chi connectivity index (χ3v) is 7.69. The molecule has 0 fully saturated rings. The number of aliphatic hydroxyl groups excluding tert-OH is 1. The first kappa shape index (κ1) is 27.5. The molecule has 5 nitrogen and oxygen atoms in total. The van der Waals surface area contributed by atoms with Crippen molar-refractivity contribution in [1.82, 2.24) is 4.90 Å². The highest BCUT2D eigenvalue weighted by atomic mass is 16.6. The van der Waals surface area contributed by atoms with Crippen molar-refractivity contribution in [3.8, 4) is 11.1 Å². The van der Waals surface area contributed by atoms with Crippen LogP contribution < -0.4 is 0 Å². The second-order valence-corrected chi connectivity index (χ2v) is 9.68. The van der Waals surface area contributed by atoms with Crippen molar-refractivity contribution in [2.24, 2.45) is 5.92 Å². The first-order chi connectivity index (χ1) is 18.4. The van der Waals surface area contributed by atoms with E-state index in [0.717, 1.165) is 46.2 Å². The lowest BCUT2D eigenvalue weighted by Crippen LogP contribution is -2.60. The Hall–Kier alpha value is -3.51. The number of fused-ring (bicyclic) bond motifs is 3. The van der Waals surface area contributed by atoms with Gasteiger partial charge in [-0.25, -0.2) is 0 Å². The lowest BCUT2D eigenvalue weighted by atomic mass is 9.74. The maximum absolute atomic E-state index is 13.1. The van der Waals surface area contributed by atoms with E-state index < -0.39 is 29.8 Å². The van der Waals surface area contributed by atoms with Crippen LogP contribution in [-0.4, -0.2) is 49.1 Å². The fourth-order valence-corrected chi connectivity index (χ4v) is 6.00. The van der Waals surface area contributed by atoms with Gasteiger partial charge in [0.05, 0.1) is 24.6 Å². The fourth-order valence-electron chi connectivity index (χ4n) is 6.00. The van der Waals surface area contributed by atoms with E-state index in [2.05, 4.69) is 60.6 Å². The number of benzene rings is 2. The molecule has 3 atom stereocenters. The molecule has 5 heteroatoms. The smallest absolute Gasteiger partial charge is 0.310 e. The van der Waals surface area contributed by atoms with Crippen LogP contribution in [0, 0.1) is 5.92 Å². The zero-order chi connectivity index (χ0) is 27.3. The Balaban J connectivity index is 2.13. The summed E-state index contributed by atoms with van der Waals surface area (Å²) in [5.74, 6) is -1.14. The molecule has 0 spiro atoms. The molecule has 0 aliphatic heterocycles. The van der Waals surface area contributed by atoms with Gasteiger partial charge in [-0.15, -0.1) is 0 Å². The fraction of sp³-hybridized carbons (Fsp3) is 0.303. The second-order valence-electron chi connectivity index (χ2n) is 9.68. The summed E-state index contributed by atoms with van der Waals surface area (Å²) in [5.41, 5.74) is 5.59. The number of aliphatic hydroxyl groups is 1. The van der Waals surface area contributed by atoms with Crippen LogP contribution in [0.4, 0.5) is 0 Å². The number of methoxy groups -OCH3 is 2. The SMILES string of the molecule is C=CC=C(C=C)CN([C@H](C(O)OC)[C@@H](C)C(=O)OC)C1(C2=CCCC=C2)c2ccccc2-c2ccccc21. The summed E-state index contributed by atoms with van der Waals surface area (Å²) in [4.78, 5) is 15.3. The topological polar surface area (TPSA) is 59.0 Å². The van der Waals surface area contributed by atoms with Crippen LogP contribution in [0.2, 0.25) is 0 Å². The van der Waals surface area contributed by atoms with Gasteiger partial charge < -0.3 is 14.6 Å². The number of hydrogen-bond acceptors (Lipinski definition) is 5. The van der Waals surface area contributed by atoms with E-state index in [9.17, 15) is 9.90 Å². The molecule has 0 saturated carbocycles. The van der Waals surface area contributed by atoms with Crippen molar-refractivity contribution >= 4 is 5.97 Å². The van der Waals surface area contributed by atoms with Crippen LogP contribution in [0.3, 0.4) is 0 Å². The predicted octanol–water partition coefficient (Wildman–Crippen LogP) is 5.93. The zero-order valence-corrected chi connectivity index (χ0v) is 22.5. The van der Waals surface area contributed by atoms with Crippen LogP contribution in [0.15, 0.2) is 109 Å². The van der Waals surface area contributed by atoms with Crippen molar-refractivity contribution in [1.29, 1.82) is 0 Å². The van der Waals surface area contributed by atoms with E-state index in [1.54, 1.807) is 19.1 Å². The van der Waals surface area contributed by atoms with Crippen LogP contribution in [0.5, 0.6) is 0 Å². The molecule has 38 heavy (non-hydrogen) atoms. The molecule has 2 aliphatic carbocycles. The number of carbonyl (C=O) groups is 1. The maximum atomic E-state index is 13.1. The summed E-state index contributed by atoms with van der Waals surface area (Å²) in [5, 5.41) is 11.4. The Morgan fingerprint density at radius 1 is 1.08 bits per heavy atom. The van der Waals surface area contributed by atoms with Gasteiger partial charge in [-0.3, -0.25) is 9.69 Å². The van der Waals surface area contributed by atoms with Crippen molar-refractivity contribution in [3.63, 3.8) is 0 Å². The van der Waals surface area contributed by atoms with Gasteiger partial charge in [0.2, 0.25) is 0 Å². The monoisotopic (exact) mass is 511 g/mol. The quantitative estimate of drug-likeness (QED) is 0.230. The molecule has 0 amide bonds. The number of carbonyl (C=O) groups excluding carboxylic acids is 1. The van der Waals surface area contributed by atoms with Crippen molar-refractivity contribution < 1.29 is 19.4 Å². The number of rotatable bonds is 11. The van der Waals surface area contributed by atoms with Crippen LogP contribution in [0.1, 0.15) is 30.9 Å². The summed E-state index contributed by atoms with van der Waals surface area (Å²) in [6.45, 7) is 10.1. The van der Waals surface area contributed by atoms with Crippen molar-refractivity contribution in [2.45, 2.75) is 37.6 Å². The number of nitrogens with zero attached hydrogens (tertiary/aromatic N) is 1. The number of hydrogen-bond donors (Lipinski definition) is 1. The minimum atomic E-state index is -1.27. The summed E-state index contributed by atoms with van der Waals surface area (Å²) in [6.07, 6.45) is 12.6. The Morgan fingerprint density at radius 3 is 2.21 bits per heavy atom. The summed E-state index contributed by atoms with van der Waals surface area (Å²) in [7, 11) is 2.82. The minimum Gasteiger partial charge on any atom is -0.469 e. The average Bonchev–Trinajstić information content (AvgIpc) is 3.27. The largest absolute Gasteiger partial charge is 0.469 e. The zero-order valence-electron chi connectivity index (χ0n) is 22.5. The van der Waals surface area contributed by atoms with Crippen molar-refractivity contribution in [2.75, 3.05) is 20.8 Å². The van der Waals surface area contributed by atoms with Crippen LogP contribution in [-0.2, 0) is 19.8 Å². The molecule has 198 valence electrons. The van der Waals surface area contributed by atoms with Crippen LogP contribution >= 0.6 is 0 Å². The van der Waals surface area contributed by atoms with E-state index in [4.69, 9.17) is 9.47 Å². The molecule has 0 radical (unpaired) electrons. The highest BCUT2D eigenvalue weighted by Gasteiger charge is 2.54. The average molecular weight is 512 g/mol. The molecule has 0 bridgehead atoms. The highest BCUT2D eigenvalue weighted by molar-refractivity contribution is 5.84. The molecule has 2 aromatic rings. The highest BCUT2D eigenvalue weighted by Crippen LogP contribution is 2.56. The molecule has 1 N–H and O–H groups in total. The van der Waals surface area contributed by atoms with Gasteiger partial charge in [0.15, 0.2) is 6.29 Å². The van der Waals surface area contributed by atoms with Gasteiger partial charge in [0, 0.05) is 13.7 Å². The van der Waals surface area contributed by atoms with Gasteiger partial charge >= 0.3 is 5.97 Å². The molecule has 0 saturated heterocycles. The minimum absolute atomic E-state index is 0.371. The van der Waals surface area contributed by atoms with Crippen molar-refractivity contribution in [3.05, 3.63) is 120 Å². The Kier molecular flexibility index (Phi) is 8.62. The Morgan fingerprint density at radius 2 is 1.71 bits per heavy atom. The third kappa shape index (κ3) is 4.62. The Bertz CT molecular complexity index is 1240. The van der Waals surface area contributed by atoms with E-state index in [0.29, 0.717) is 6.54 Å². The number of allylic oxidation sites excluding steroid dienone is 4. The molecule has 1 unspecified atom stereocenters. The van der Waals surface area contributed by atoms with Gasteiger partial charge in [0.1, 0.15) is 0 Å². The number of esters is 1. The molecule has 0 aromatic heterocycles. The lowest BCUT2D eigenvalue weighted by Gasteiger charge is -2.50. The normalized spacial score (nSPS) is 18.1. The van der Waals surface area contributed by atoms with Gasteiger partial charge in [-0.1, -0.05) is 105 Å². The lowest BCUT2D eigenvalue weighted by molar-refractivity contribution is -0.170. The van der Waals surface area contributed by atoms with E-state index >= 15 is 0 Å². The van der Waals surface area contributed by atoms with Gasteiger partial charge in [-0.2, -0.15) is 0 Å². The van der Waals surface area contributed by atoms with E-state index in [-0.39, 0.29) is 0 Å². The molecule has 4 rings (SSSR count).